The van der Waals surface area contributed by atoms with Crippen LogP contribution in [0.3, 0.4) is 0 Å². The van der Waals surface area contributed by atoms with Crippen LogP contribution in [-0.2, 0) is 0 Å². The highest BCUT2D eigenvalue weighted by Gasteiger charge is 2.17. The lowest BCUT2D eigenvalue weighted by molar-refractivity contribution is 1.17. The fourth-order valence-corrected chi connectivity index (χ4v) is 8.29. The van der Waals surface area contributed by atoms with E-state index in [1.165, 1.54) is 65.9 Å². The fraction of sp³-hybridized carbons (Fsp3) is 0.0784. The molecule has 0 saturated carbocycles. The Balaban J connectivity index is 1.15. The molecule has 3 heterocycles. The Hall–Kier alpha value is -6.71. The Bertz CT molecular complexity index is 2780. The summed E-state index contributed by atoms with van der Waals surface area (Å²) in [5.74, 6) is 0. The molecule has 0 aliphatic rings. The zero-order chi connectivity index (χ0) is 36.5. The Kier molecular flexibility index (Phi) is 7.38. The topological polar surface area (TPSA) is 22.8 Å². The molecule has 10 aromatic rings. The molecule has 0 radical (unpaired) electrons. The molecule has 0 bridgehead atoms. The molecule has 3 aromatic heterocycles. The summed E-state index contributed by atoms with van der Waals surface area (Å²) in [6.07, 6.45) is 0. The largest absolute Gasteiger partial charge is 0.309 e. The highest BCUT2D eigenvalue weighted by Crippen LogP contribution is 2.38. The third-order valence-electron chi connectivity index (χ3n) is 10.9. The summed E-state index contributed by atoms with van der Waals surface area (Å²) in [7, 11) is 0. The Labute approximate surface area is 315 Å². The summed E-state index contributed by atoms with van der Waals surface area (Å²) in [5.41, 5.74) is 18.4. The van der Waals surface area contributed by atoms with E-state index in [1.807, 2.05) is 0 Å². The third kappa shape index (κ3) is 5.31. The second-order valence-corrected chi connectivity index (χ2v) is 14.8. The van der Waals surface area contributed by atoms with Gasteiger partial charge in [-0.05, 0) is 124 Å². The number of hydrogen-bond acceptors (Lipinski definition) is 1. The average Bonchev–Trinajstić information content (AvgIpc) is 3.69. The molecule has 258 valence electrons. The molecule has 0 unspecified atom stereocenters. The van der Waals surface area contributed by atoms with E-state index in [0.29, 0.717) is 0 Å². The normalized spacial score (nSPS) is 11.7. The van der Waals surface area contributed by atoms with Gasteiger partial charge in [0.2, 0.25) is 0 Å². The number of hydrogen-bond donors (Lipinski definition) is 0. The van der Waals surface area contributed by atoms with Crippen molar-refractivity contribution < 1.29 is 0 Å². The van der Waals surface area contributed by atoms with Crippen LogP contribution in [-0.4, -0.2) is 14.1 Å². The molecule has 0 aliphatic heterocycles. The summed E-state index contributed by atoms with van der Waals surface area (Å²) >= 11 is 0. The van der Waals surface area contributed by atoms with E-state index in [4.69, 9.17) is 4.98 Å². The number of benzene rings is 7. The summed E-state index contributed by atoms with van der Waals surface area (Å²) in [6, 6.07) is 59.9. The molecule has 10 rings (SSSR count). The Morgan fingerprint density at radius 1 is 0.315 bits per heavy atom. The van der Waals surface area contributed by atoms with Gasteiger partial charge in [-0.15, -0.1) is 0 Å². The van der Waals surface area contributed by atoms with Gasteiger partial charge in [0, 0.05) is 44.0 Å². The van der Waals surface area contributed by atoms with Crippen LogP contribution in [0.1, 0.15) is 22.3 Å². The smallest absolute Gasteiger partial charge is 0.0716 e. The highest BCUT2D eigenvalue weighted by atomic mass is 15.0. The summed E-state index contributed by atoms with van der Waals surface area (Å²) < 4.78 is 4.79. The number of aromatic nitrogens is 3. The van der Waals surface area contributed by atoms with Gasteiger partial charge in [0.15, 0.2) is 0 Å². The number of fused-ring (bicyclic) bond motifs is 6. The molecule has 54 heavy (non-hydrogen) atoms. The number of aryl methyl sites for hydroxylation is 4. The van der Waals surface area contributed by atoms with Crippen LogP contribution in [0.15, 0.2) is 164 Å². The van der Waals surface area contributed by atoms with Gasteiger partial charge in [-0.2, -0.15) is 0 Å². The fourth-order valence-electron chi connectivity index (χ4n) is 8.29. The first-order chi connectivity index (χ1) is 26.4. The monoisotopic (exact) mass is 693 g/mol. The first-order valence-corrected chi connectivity index (χ1v) is 18.7. The van der Waals surface area contributed by atoms with E-state index in [9.17, 15) is 0 Å². The van der Waals surface area contributed by atoms with Crippen LogP contribution in [0.4, 0.5) is 0 Å². The lowest BCUT2D eigenvalue weighted by Gasteiger charge is -2.14. The van der Waals surface area contributed by atoms with E-state index in [0.717, 1.165) is 45.0 Å². The molecular formula is C51H39N3. The lowest BCUT2D eigenvalue weighted by atomic mass is 9.99. The van der Waals surface area contributed by atoms with Crippen molar-refractivity contribution in [2.24, 2.45) is 0 Å². The van der Waals surface area contributed by atoms with Gasteiger partial charge in [-0.25, -0.2) is 4.98 Å². The standard InChI is InChI=1S/C51H39N3/c1-32-16-20-48-42(24-32)43-25-33(2)17-21-49(43)53(48)40-14-8-12-37(28-40)46-30-39(36-10-6-5-7-11-36)31-47(52-46)38-13-9-15-41(29-38)54-50-22-18-34(3)26-44(50)45-27-35(4)19-23-51(45)54/h5-31H,1-4H3. The van der Waals surface area contributed by atoms with Crippen molar-refractivity contribution in [2.75, 3.05) is 0 Å². The van der Waals surface area contributed by atoms with Gasteiger partial charge in [-0.1, -0.05) is 101 Å². The van der Waals surface area contributed by atoms with Crippen molar-refractivity contribution in [1.82, 2.24) is 14.1 Å². The lowest BCUT2D eigenvalue weighted by Crippen LogP contribution is -1.97. The SMILES string of the molecule is Cc1ccc2c(c1)c1cc(C)ccc1n2-c1cccc(-c2cc(-c3ccccc3)cc(-c3cccc(-n4c5ccc(C)cc5c5cc(C)ccc54)c3)n2)c1. The highest BCUT2D eigenvalue weighted by molar-refractivity contribution is 6.11. The Morgan fingerprint density at radius 2 is 0.685 bits per heavy atom. The quantitative estimate of drug-likeness (QED) is 0.176. The van der Waals surface area contributed by atoms with E-state index >= 15 is 0 Å². The zero-order valence-electron chi connectivity index (χ0n) is 30.9. The van der Waals surface area contributed by atoms with Crippen LogP contribution in [0.5, 0.6) is 0 Å². The number of rotatable bonds is 5. The summed E-state index contributed by atoms with van der Waals surface area (Å²) in [6.45, 7) is 8.68. The van der Waals surface area contributed by atoms with Crippen LogP contribution < -0.4 is 0 Å². The number of nitrogens with zero attached hydrogens (tertiary/aromatic N) is 3. The molecule has 0 saturated heterocycles. The minimum Gasteiger partial charge on any atom is -0.309 e. The van der Waals surface area contributed by atoms with Crippen molar-refractivity contribution >= 4 is 43.6 Å². The van der Waals surface area contributed by atoms with Crippen LogP contribution in [0, 0.1) is 27.7 Å². The van der Waals surface area contributed by atoms with Crippen molar-refractivity contribution in [3.05, 3.63) is 186 Å². The minimum absolute atomic E-state index is 0.939. The van der Waals surface area contributed by atoms with E-state index in [-0.39, 0.29) is 0 Å². The van der Waals surface area contributed by atoms with Crippen molar-refractivity contribution in [1.29, 1.82) is 0 Å². The second kappa shape index (κ2) is 12.5. The van der Waals surface area contributed by atoms with Gasteiger partial charge in [-0.3, -0.25) is 0 Å². The predicted octanol–water partition coefficient (Wildman–Crippen LogP) is 13.5. The maximum absolute atomic E-state index is 5.42. The maximum atomic E-state index is 5.42. The van der Waals surface area contributed by atoms with Crippen LogP contribution in [0.25, 0.3) is 88.6 Å². The summed E-state index contributed by atoms with van der Waals surface area (Å²) in [4.78, 5) is 5.42. The van der Waals surface area contributed by atoms with Gasteiger partial charge < -0.3 is 9.13 Å². The van der Waals surface area contributed by atoms with E-state index < -0.39 is 0 Å². The molecular weight excluding hydrogens is 655 g/mol. The number of pyridine rings is 1. The predicted molar refractivity (Wildman–Crippen MR) is 228 cm³/mol. The Morgan fingerprint density at radius 3 is 1.07 bits per heavy atom. The van der Waals surface area contributed by atoms with Crippen molar-refractivity contribution in [2.45, 2.75) is 27.7 Å². The van der Waals surface area contributed by atoms with Crippen LogP contribution in [0.2, 0.25) is 0 Å². The van der Waals surface area contributed by atoms with Gasteiger partial charge in [0.25, 0.3) is 0 Å². The van der Waals surface area contributed by atoms with Gasteiger partial charge in [0.05, 0.1) is 33.5 Å². The molecule has 0 spiro atoms. The van der Waals surface area contributed by atoms with Gasteiger partial charge >= 0.3 is 0 Å². The first-order valence-electron chi connectivity index (χ1n) is 18.7. The zero-order valence-corrected chi connectivity index (χ0v) is 30.9. The average molecular weight is 694 g/mol. The van der Waals surface area contributed by atoms with E-state index in [1.54, 1.807) is 0 Å². The van der Waals surface area contributed by atoms with Crippen molar-refractivity contribution in [3.63, 3.8) is 0 Å². The third-order valence-corrected chi connectivity index (χ3v) is 10.9. The molecule has 0 atom stereocenters. The second-order valence-electron chi connectivity index (χ2n) is 14.8. The van der Waals surface area contributed by atoms with Crippen LogP contribution >= 0.6 is 0 Å². The first kappa shape index (κ1) is 32.0. The molecule has 3 nitrogen and oxygen atoms in total. The maximum Gasteiger partial charge on any atom is 0.0716 e. The van der Waals surface area contributed by atoms with Gasteiger partial charge in [0.1, 0.15) is 0 Å². The molecule has 3 heteroatoms. The summed E-state index contributed by atoms with van der Waals surface area (Å²) in [5, 5.41) is 5.11. The molecule has 7 aromatic carbocycles. The van der Waals surface area contributed by atoms with E-state index in [2.05, 4.69) is 201 Å². The van der Waals surface area contributed by atoms with Crippen molar-refractivity contribution in [3.8, 4) is 45.0 Å². The minimum atomic E-state index is 0.939. The molecule has 0 amide bonds. The molecule has 0 fully saturated rings. The molecule has 0 N–H and O–H groups in total. The molecule has 0 aliphatic carbocycles.